The van der Waals surface area contributed by atoms with Crippen LogP contribution in [0.5, 0.6) is 0 Å². The van der Waals surface area contributed by atoms with Crippen molar-refractivity contribution in [3.05, 3.63) is 11.7 Å². The van der Waals surface area contributed by atoms with Gasteiger partial charge in [0.2, 0.25) is 5.89 Å². The Labute approximate surface area is 95.8 Å². The van der Waals surface area contributed by atoms with Gasteiger partial charge in [0.15, 0.2) is 5.82 Å². The molecule has 0 aromatic carbocycles. The zero-order chi connectivity index (χ0) is 11.5. The van der Waals surface area contributed by atoms with Gasteiger partial charge in [-0.15, -0.1) is 0 Å². The lowest BCUT2D eigenvalue weighted by Gasteiger charge is -2.31. The summed E-state index contributed by atoms with van der Waals surface area (Å²) in [7, 11) is 0. The van der Waals surface area contributed by atoms with Crippen molar-refractivity contribution >= 4 is 0 Å². The van der Waals surface area contributed by atoms with Crippen LogP contribution in [-0.2, 0) is 11.3 Å². The molecule has 1 aromatic rings. The summed E-state index contributed by atoms with van der Waals surface area (Å²) in [6.45, 7) is 9.50. The minimum Gasteiger partial charge on any atom is -0.379 e. The van der Waals surface area contributed by atoms with Gasteiger partial charge in [0.1, 0.15) is 0 Å². The summed E-state index contributed by atoms with van der Waals surface area (Å²) in [5.41, 5.74) is 0. The molecule has 1 aliphatic heterocycles. The van der Waals surface area contributed by atoms with Gasteiger partial charge in [-0.3, -0.25) is 4.90 Å². The second-order valence-corrected chi connectivity index (χ2v) is 4.60. The molecule has 1 aromatic heterocycles. The quantitative estimate of drug-likeness (QED) is 0.778. The molecule has 5 nitrogen and oxygen atoms in total. The maximum atomic E-state index is 5.38. The molecular formula is C11H19N3O2. The molecule has 2 rings (SSSR count). The number of nitrogens with zero attached hydrogens (tertiary/aromatic N) is 3. The van der Waals surface area contributed by atoms with Gasteiger partial charge in [0, 0.05) is 18.5 Å². The van der Waals surface area contributed by atoms with E-state index in [0.717, 1.165) is 32.1 Å². The molecule has 0 saturated carbocycles. The van der Waals surface area contributed by atoms with Crippen molar-refractivity contribution in [1.29, 1.82) is 0 Å². The molecule has 90 valence electrons. The van der Waals surface area contributed by atoms with Crippen LogP contribution in [0.4, 0.5) is 0 Å². The predicted octanol–water partition coefficient (Wildman–Crippen LogP) is 1.41. The first-order valence-corrected chi connectivity index (χ1v) is 5.81. The van der Waals surface area contributed by atoms with Crippen molar-refractivity contribution in [2.45, 2.75) is 39.3 Å². The topological polar surface area (TPSA) is 51.4 Å². The van der Waals surface area contributed by atoms with Crippen LogP contribution in [0.15, 0.2) is 4.52 Å². The number of aromatic nitrogens is 2. The van der Waals surface area contributed by atoms with Crippen LogP contribution in [0.2, 0.25) is 0 Å². The Balaban J connectivity index is 1.97. The van der Waals surface area contributed by atoms with Gasteiger partial charge in [0.05, 0.1) is 19.8 Å². The van der Waals surface area contributed by atoms with Crippen LogP contribution >= 0.6 is 0 Å². The highest BCUT2D eigenvalue weighted by molar-refractivity contribution is 4.92. The van der Waals surface area contributed by atoms with Gasteiger partial charge >= 0.3 is 0 Å². The second kappa shape index (κ2) is 4.93. The van der Waals surface area contributed by atoms with Crippen LogP contribution < -0.4 is 0 Å². The van der Waals surface area contributed by atoms with E-state index in [-0.39, 0.29) is 0 Å². The summed E-state index contributed by atoms with van der Waals surface area (Å²) in [5, 5.41) is 3.96. The third-order valence-electron chi connectivity index (χ3n) is 2.84. The SMILES string of the molecule is CC(C)c1noc(CN2CCOC[C@H]2C)n1. The molecule has 0 aliphatic carbocycles. The first-order chi connectivity index (χ1) is 7.66. The molecule has 1 fully saturated rings. The van der Waals surface area contributed by atoms with E-state index in [4.69, 9.17) is 9.26 Å². The lowest BCUT2D eigenvalue weighted by atomic mass is 10.2. The summed E-state index contributed by atoms with van der Waals surface area (Å²) >= 11 is 0. The maximum absolute atomic E-state index is 5.38. The van der Waals surface area contributed by atoms with E-state index in [1.165, 1.54) is 0 Å². The molecular weight excluding hydrogens is 206 g/mol. The minimum absolute atomic E-state index is 0.319. The minimum atomic E-state index is 0.319. The molecule has 0 amide bonds. The molecule has 1 atom stereocenters. The first-order valence-electron chi connectivity index (χ1n) is 5.81. The van der Waals surface area contributed by atoms with Gasteiger partial charge in [-0.2, -0.15) is 4.98 Å². The fraction of sp³-hybridized carbons (Fsp3) is 0.818. The van der Waals surface area contributed by atoms with Crippen molar-refractivity contribution in [2.24, 2.45) is 0 Å². The fourth-order valence-electron chi connectivity index (χ4n) is 1.74. The standard InChI is InChI=1S/C11H19N3O2/c1-8(2)11-12-10(16-13-11)6-14-4-5-15-7-9(14)3/h8-9H,4-7H2,1-3H3/t9-/m1/s1. The maximum Gasteiger partial charge on any atom is 0.240 e. The van der Waals surface area contributed by atoms with E-state index in [2.05, 4.69) is 35.8 Å². The van der Waals surface area contributed by atoms with Crippen LogP contribution in [0.1, 0.15) is 38.4 Å². The summed E-state index contributed by atoms with van der Waals surface area (Å²) < 4.78 is 10.6. The van der Waals surface area contributed by atoms with E-state index >= 15 is 0 Å². The number of hydrogen-bond donors (Lipinski definition) is 0. The van der Waals surface area contributed by atoms with Crippen LogP contribution in [-0.4, -0.2) is 40.8 Å². The van der Waals surface area contributed by atoms with Crippen LogP contribution in [0.25, 0.3) is 0 Å². The van der Waals surface area contributed by atoms with Gasteiger partial charge < -0.3 is 9.26 Å². The molecule has 1 saturated heterocycles. The first kappa shape index (κ1) is 11.5. The average Bonchev–Trinajstić information content (AvgIpc) is 2.70. The molecule has 2 heterocycles. The third-order valence-corrected chi connectivity index (χ3v) is 2.84. The lowest BCUT2D eigenvalue weighted by Crippen LogP contribution is -2.42. The smallest absolute Gasteiger partial charge is 0.240 e. The van der Waals surface area contributed by atoms with E-state index in [1.807, 2.05) is 0 Å². The molecule has 0 N–H and O–H groups in total. The van der Waals surface area contributed by atoms with Crippen molar-refractivity contribution in [1.82, 2.24) is 15.0 Å². The number of morpholine rings is 1. The summed E-state index contributed by atoms with van der Waals surface area (Å²) in [5.74, 6) is 1.81. The van der Waals surface area contributed by atoms with Crippen molar-refractivity contribution in [3.63, 3.8) is 0 Å². The Morgan fingerprint density at radius 2 is 2.31 bits per heavy atom. The Morgan fingerprint density at radius 3 is 2.94 bits per heavy atom. The number of rotatable bonds is 3. The largest absolute Gasteiger partial charge is 0.379 e. The second-order valence-electron chi connectivity index (χ2n) is 4.60. The van der Waals surface area contributed by atoms with E-state index in [1.54, 1.807) is 0 Å². The Bertz CT molecular complexity index is 338. The summed E-state index contributed by atoms with van der Waals surface area (Å²) in [4.78, 5) is 6.68. The monoisotopic (exact) mass is 225 g/mol. The molecule has 1 aliphatic rings. The van der Waals surface area contributed by atoms with E-state index in [9.17, 15) is 0 Å². The van der Waals surface area contributed by atoms with Crippen molar-refractivity contribution in [2.75, 3.05) is 19.8 Å². The molecule has 0 spiro atoms. The highest BCUT2D eigenvalue weighted by Crippen LogP contribution is 2.13. The summed E-state index contributed by atoms with van der Waals surface area (Å²) in [6, 6.07) is 0.420. The molecule has 5 heteroatoms. The Hall–Kier alpha value is -0.940. The van der Waals surface area contributed by atoms with Gasteiger partial charge in [-0.25, -0.2) is 0 Å². The van der Waals surface area contributed by atoms with E-state index < -0.39 is 0 Å². The highest BCUT2D eigenvalue weighted by atomic mass is 16.5. The van der Waals surface area contributed by atoms with Crippen LogP contribution in [0.3, 0.4) is 0 Å². The Kier molecular flexibility index (Phi) is 3.56. The normalized spacial score (nSPS) is 22.9. The van der Waals surface area contributed by atoms with Crippen molar-refractivity contribution in [3.8, 4) is 0 Å². The number of hydrogen-bond acceptors (Lipinski definition) is 5. The zero-order valence-corrected chi connectivity index (χ0v) is 10.1. The highest BCUT2D eigenvalue weighted by Gasteiger charge is 2.21. The van der Waals surface area contributed by atoms with Gasteiger partial charge in [-0.1, -0.05) is 19.0 Å². The summed E-state index contributed by atoms with van der Waals surface area (Å²) in [6.07, 6.45) is 0. The third kappa shape index (κ3) is 2.59. The van der Waals surface area contributed by atoms with Crippen molar-refractivity contribution < 1.29 is 9.26 Å². The zero-order valence-electron chi connectivity index (χ0n) is 10.1. The molecule has 0 bridgehead atoms. The Morgan fingerprint density at radius 1 is 1.50 bits per heavy atom. The molecule has 16 heavy (non-hydrogen) atoms. The predicted molar refractivity (Wildman–Crippen MR) is 59.1 cm³/mol. The van der Waals surface area contributed by atoms with Crippen LogP contribution in [0, 0.1) is 0 Å². The molecule has 0 unspecified atom stereocenters. The fourth-order valence-corrected chi connectivity index (χ4v) is 1.74. The van der Waals surface area contributed by atoms with E-state index in [0.29, 0.717) is 17.9 Å². The van der Waals surface area contributed by atoms with Gasteiger partial charge in [0.25, 0.3) is 0 Å². The molecule has 0 radical (unpaired) electrons. The lowest BCUT2D eigenvalue weighted by molar-refractivity contribution is -0.00852. The van der Waals surface area contributed by atoms with Gasteiger partial charge in [-0.05, 0) is 6.92 Å². The average molecular weight is 225 g/mol. The number of ether oxygens (including phenoxy) is 1.